The van der Waals surface area contributed by atoms with Gasteiger partial charge in [0.1, 0.15) is 0 Å². The SMILES string of the molecule is c1ccc(N(c2ccccc2)c2cc(N(c3ccccc3)c3ccccc3)cc(-n3c4ccccc4c4cc5c(cc43)sc3ccccc35)c2)cc1. The number of para-hydroxylation sites is 5. The van der Waals surface area contributed by atoms with Crippen molar-refractivity contribution in [1.82, 2.24) is 4.57 Å². The summed E-state index contributed by atoms with van der Waals surface area (Å²) in [5.74, 6) is 0. The maximum absolute atomic E-state index is 2.46. The largest absolute Gasteiger partial charge is 0.310 e. The van der Waals surface area contributed by atoms with E-state index in [1.165, 1.54) is 42.0 Å². The van der Waals surface area contributed by atoms with E-state index in [1.54, 1.807) is 0 Å². The van der Waals surface area contributed by atoms with Gasteiger partial charge in [0.05, 0.1) is 28.1 Å². The highest BCUT2D eigenvalue weighted by atomic mass is 32.1. The Kier molecular flexibility index (Phi) is 7.33. The van der Waals surface area contributed by atoms with Gasteiger partial charge in [0.25, 0.3) is 0 Å². The molecule has 0 saturated carbocycles. The average Bonchev–Trinajstić information content (AvgIpc) is 3.73. The van der Waals surface area contributed by atoms with Crippen LogP contribution >= 0.6 is 11.3 Å². The Balaban J connectivity index is 1.31. The van der Waals surface area contributed by atoms with E-state index in [-0.39, 0.29) is 0 Å². The van der Waals surface area contributed by atoms with E-state index in [1.807, 2.05) is 11.3 Å². The fourth-order valence-corrected chi connectivity index (χ4v) is 8.76. The number of thiophene rings is 1. The Morgan fingerprint density at radius 3 is 1.31 bits per heavy atom. The summed E-state index contributed by atoms with van der Waals surface area (Å²) in [6.45, 7) is 0. The molecule has 0 fully saturated rings. The maximum Gasteiger partial charge on any atom is 0.0555 e. The Labute approximate surface area is 306 Å². The first kappa shape index (κ1) is 30.2. The van der Waals surface area contributed by atoms with Crippen LogP contribution in [0.3, 0.4) is 0 Å². The molecule has 246 valence electrons. The van der Waals surface area contributed by atoms with Gasteiger partial charge in [-0.25, -0.2) is 0 Å². The highest BCUT2D eigenvalue weighted by molar-refractivity contribution is 7.25. The van der Waals surface area contributed by atoms with Crippen LogP contribution in [-0.4, -0.2) is 4.57 Å². The number of fused-ring (bicyclic) bond motifs is 6. The number of nitrogens with zero attached hydrogens (tertiary/aromatic N) is 3. The van der Waals surface area contributed by atoms with Gasteiger partial charge in [-0.2, -0.15) is 0 Å². The minimum atomic E-state index is 1.07. The molecule has 8 aromatic carbocycles. The monoisotopic (exact) mass is 683 g/mol. The van der Waals surface area contributed by atoms with E-state index in [0.717, 1.165) is 39.8 Å². The third-order valence-corrected chi connectivity index (χ3v) is 11.0. The number of anilines is 6. The van der Waals surface area contributed by atoms with Crippen molar-refractivity contribution in [2.45, 2.75) is 0 Å². The van der Waals surface area contributed by atoms with Gasteiger partial charge < -0.3 is 14.4 Å². The van der Waals surface area contributed by atoms with E-state index in [4.69, 9.17) is 0 Å². The fourth-order valence-electron chi connectivity index (χ4n) is 7.64. The van der Waals surface area contributed by atoms with Gasteiger partial charge >= 0.3 is 0 Å². The molecule has 0 aliphatic carbocycles. The molecule has 0 aliphatic heterocycles. The van der Waals surface area contributed by atoms with Crippen LogP contribution in [0, 0.1) is 0 Å². The maximum atomic E-state index is 2.46. The molecule has 2 heterocycles. The topological polar surface area (TPSA) is 11.4 Å². The van der Waals surface area contributed by atoms with Crippen LogP contribution in [0.5, 0.6) is 0 Å². The molecule has 0 bridgehead atoms. The molecule has 0 radical (unpaired) electrons. The van der Waals surface area contributed by atoms with Gasteiger partial charge in [-0.1, -0.05) is 109 Å². The molecule has 4 heteroatoms. The first-order chi connectivity index (χ1) is 25.8. The molecule has 0 saturated heterocycles. The number of hydrogen-bond donors (Lipinski definition) is 0. The standard InChI is InChI=1S/C48H33N3S/c1-5-17-34(18-6-1)49(35-19-7-2-8-20-35)38-29-39(50(36-21-9-3-10-22-36)37-23-11-4-12-24-37)31-40(30-38)51-45-27-15-13-25-41(45)43-32-44-42-26-14-16-28-47(42)52-48(44)33-46(43)51/h1-33H. The molecule has 0 unspecified atom stereocenters. The third-order valence-electron chi connectivity index (χ3n) is 9.89. The summed E-state index contributed by atoms with van der Waals surface area (Å²) < 4.78 is 5.07. The molecule has 3 nitrogen and oxygen atoms in total. The fraction of sp³-hybridized carbons (Fsp3) is 0. The molecule has 2 aromatic heterocycles. The molecule has 10 rings (SSSR count). The second kappa shape index (κ2) is 12.6. The number of rotatable bonds is 7. The van der Waals surface area contributed by atoms with E-state index < -0.39 is 0 Å². The second-order valence-corrected chi connectivity index (χ2v) is 14.1. The minimum absolute atomic E-state index is 1.07. The lowest BCUT2D eigenvalue weighted by atomic mass is 10.1. The van der Waals surface area contributed by atoms with Gasteiger partial charge in [0.2, 0.25) is 0 Å². The first-order valence-electron chi connectivity index (χ1n) is 17.6. The minimum Gasteiger partial charge on any atom is -0.310 e. The van der Waals surface area contributed by atoms with Crippen molar-refractivity contribution in [1.29, 1.82) is 0 Å². The van der Waals surface area contributed by atoms with Crippen LogP contribution < -0.4 is 9.80 Å². The van der Waals surface area contributed by atoms with Crippen LogP contribution in [-0.2, 0) is 0 Å². The zero-order valence-corrected chi connectivity index (χ0v) is 29.1. The predicted octanol–water partition coefficient (Wildman–Crippen LogP) is 14.1. The molecule has 0 atom stereocenters. The van der Waals surface area contributed by atoms with E-state index in [2.05, 4.69) is 215 Å². The molecule has 0 spiro atoms. The lowest BCUT2D eigenvalue weighted by Gasteiger charge is -2.30. The summed E-state index contributed by atoms with van der Waals surface area (Å²) in [4.78, 5) is 4.72. The Morgan fingerprint density at radius 2 is 0.769 bits per heavy atom. The Hall–Kier alpha value is -6.62. The summed E-state index contributed by atoms with van der Waals surface area (Å²) >= 11 is 1.87. The molecule has 0 amide bonds. The van der Waals surface area contributed by atoms with Crippen LogP contribution in [0.25, 0.3) is 47.7 Å². The first-order valence-corrected chi connectivity index (χ1v) is 18.4. The van der Waals surface area contributed by atoms with Crippen molar-refractivity contribution in [3.8, 4) is 5.69 Å². The molecule has 52 heavy (non-hydrogen) atoms. The van der Waals surface area contributed by atoms with Crippen LogP contribution in [0.4, 0.5) is 34.1 Å². The molecule has 0 N–H and O–H groups in total. The zero-order chi connectivity index (χ0) is 34.4. The van der Waals surface area contributed by atoms with Crippen molar-refractivity contribution in [3.63, 3.8) is 0 Å². The van der Waals surface area contributed by atoms with E-state index in [0.29, 0.717) is 0 Å². The molecule has 0 aliphatic rings. The van der Waals surface area contributed by atoms with Crippen molar-refractivity contribution < 1.29 is 0 Å². The quantitative estimate of drug-likeness (QED) is 0.166. The summed E-state index contributed by atoms with van der Waals surface area (Å²) in [6.07, 6.45) is 0. The van der Waals surface area contributed by atoms with Gasteiger partial charge in [-0.15, -0.1) is 11.3 Å². The average molecular weight is 684 g/mol. The highest BCUT2D eigenvalue weighted by Gasteiger charge is 2.22. The highest BCUT2D eigenvalue weighted by Crippen LogP contribution is 2.45. The summed E-state index contributed by atoms with van der Waals surface area (Å²) in [5.41, 5.74) is 9.97. The summed E-state index contributed by atoms with van der Waals surface area (Å²) in [7, 11) is 0. The molecular formula is C48H33N3S. The molecular weight excluding hydrogens is 651 g/mol. The predicted molar refractivity (Wildman–Crippen MR) is 223 cm³/mol. The number of benzene rings is 8. The van der Waals surface area contributed by atoms with Crippen LogP contribution in [0.15, 0.2) is 200 Å². The van der Waals surface area contributed by atoms with Gasteiger partial charge in [0.15, 0.2) is 0 Å². The van der Waals surface area contributed by atoms with Gasteiger partial charge in [-0.05, 0) is 91.0 Å². The molecule has 10 aromatic rings. The summed E-state index contributed by atoms with van der Waals surface area (Å²) in [6, 6.07) is 72.1. The van der Waals surface area contributed by atoms with E-state index >= 15 is 0 Å². The number of aromatic nitrogens is 1. The number of hydrogen-bond acceptors (Lipinski definition) is 3. The van der Waals surface area contributed by atoms with Crippen LogP contribution in [0.2, 0.25) is 0 Å². The third kappa shape index (κ3) is 5.12. The lowest BCUT2D eigenvalue weighted by molar-refractivity contribution is 1.16. The zero-order valence-electron chi connectivity index (χ0n) is 28.3. The second-order valence-electron chi connectivity index (χ2n) is 13.0. The van der Waals surface area contributed by atoms with Crippen molar-refractivity contribution in [3.05, 3.63) is 200 Å². The Morgan fingerprint density at radius 1 is 0.308 bits per heavy atom. The van der Waals surface area contributed by atoms with Gasteiger partial charge in [-0.3, -0.25) is 0 Å². The smallest absolute Gasteiger partial charge is 0.0555 e. The van der Waals surface area contributed by atoms with E-state index in [9.17, 15) is 0 Å². The van der Waals surface area contributed by atoms with Crippen LogP contribution in [0.1, 0.15) is 0 Å². The van der Waals surface area contributed by atoms with Gasteiger partial charge in [0, 0.05) is 53.7 Å². The van der Waals surface area contributed by atoms with Crippen molar-refractivity contribution >= 4 is 87.4 Å². The Bertz CT molecular complexity index is 2660. The van der Waals surface area contributed by atoms with Crippen molar-refractivity contribution in [2.24, 2.45) is 0 Å². The van der Waals surface area contributed by atoms with Crippen molar-refractivity contribution in [2.75, 3.05) is 9.80 Å². The lowest BCUT2D eigenvalue weighted by Crippen LogP contribution is -2.14. The normalized spacial score (nSPS) is 11.5. The summed E-state index contributed by atoms with van der Waals surface area (Å²) in [5, 5.41) is 5.12.